The van der Waals surface area contributed by atoms with Crippen molar-refractivity contribution in [3.8, 4) is 11.5 Å². The summed E-state index contributed by atoms with van der Waals surface area (Å²) in [5.74, 6) is 1.55. The maximum absolute atomic E-state index is 5.46. The van der Waals surface area contributed by atoms with Gasteiger partial charge in [0, 0.05) is 19.7 Å². The number of ether oxygens (including phenoxy) is 3. The van der Waals surface area contributed by atoms with Crippen molar-refractivity contribution in [2.24, 2.45) is 0 Å². The van der Waals surface area contributed by atoms with Gasteiger partial charge in [0.1, 0.15) is 0 Å². The van der Waals surface area contributed by atoms with Crippen LogP contribution in [0.4, 0.5) is 0 Å². The highest BCUT2D eigenvalue weighted by atomic mass is 16.5. The number of benzene rings is 1. The lowest BCUT2D eigenvalue weighted by Gasteiger charge is -2.29. The highest BCUT2D eigenvalue weighted by Gasteiger charge is 2.21. The van der Waals surface area contributed by atoms with Crippen molar-refractivity contribution in [1.82, 2.24) is 5.32 Å². The predicted octanol–water partition coefficient (Wildman–Crippen LogP) is 2.75. The molecule has 2 unspecified atom stereocenters. The molecule has 0 bridgehead atoms. The van der Waals surface area contributed by atoms with Gasteiger partial charge in [0.05, 0.1) is 20.3 Å². The summed E-state index contributed by atoms with van der Waals surface area (Å²) in [4.78, 5) is 0. The van der Waals surface area contributed by atoms with Gasteiger partial charge < -0.3 is 19.5 Å². The minimum absolute atomic E-state index is 0.409. The van der Waals surface area contributed by atoms with Crippen LogP contribution >= 0.6 is 0 Å². The van der Waals surface area contributed by atoms with Gasteiger partial charge in [-0.2, -0.15) is 0 Å². The van der Waals surface area contributed by atoms with Crippen molar-refractivity contribution >= 4 is 0 Å². The van der Waals surface area contributed by atoms with Gasteiger partial charge in [0.25, 0.3) is 0 Å². The Hall–Kier alpha value is -1.26. The lowest BCUT2D eigenvalue weighted by atomic mass is 9.92. The van der Waals surface area contributed by atoms with Crippen LogP contribution in [0.3, 0.4) is 0 Å². The van der Waals surface area contributed by atoms with Gasteiger partial charge in [-0.3, -0.25) is 0 Å². The Balaban J connectivity index is 1.90. The summed E-state index contributed by atoms with van der Waals surface area (Å²) >= 11 is 0. The fraction of sp³-hybridized carbons (Fsp3) is 0.625. The highest BCUT2D eigenvalue weighted by Crippen LogP contribution is 2.28. The topological polar surface area (TPSA) is 39.7 Å². The Morgan fingerprint density at radius 2 is 1.90 bits per heavy atom. The summed E-state index contributed by atoms with van der Waals surface area (Å²) in [7, 11) is 5.13. The number of hydrogen-bond donors (Lipinski definition) is 1. The standard InChI is InChI=1S/C16H25NO3/c1-18-14-6-4-5-13(10-14)17-11-12-7-8-15(19-2)16(9-12)20-3/h7-9,13-14,17H,4-6,10-11H2,1-3H3. The SMILES string of the molecule is COc1ccc(CNC2CCCC(OC)C2)cc1OC. The third-order valence-electron chi connectivity index (χ3n) is 4.00. The summed E-state index contributed by atoms with van der Waals surface area (Å²) in [6, 6.07) is 6.60. The molecule has 112 valence electrons. The summed E-state index contributed by atoms with van der Waals surface area (Å²) in [6.45, 7) is 0.849. The van der Waals surface area contributed by atoms with E-state index in [1.165, 1.54) is 24.8 Å². The predicted molar refractivity (Wildman–Crippen MR) is 79.4 cm³/mol. The van der Waals surface area contributed by atoms with E-state index in [1.54, 1.807) is 21.3 Å². The second-order valence-corrected chi connectivity index (χ2v) is 5.29. The van der Waals surface area contributed by atoms with E-state index in [9.17, 15) is 0 Å². The van der Waals surface area contributed by atoms with Crippen molar-refractivity contribution in [3.05, 3.63) is 23.8 Å². The average Bonchev–Trinajstić information content (AvgIpc) is 2.52. The molecule has 1 aromatic carbocycles. The number of hydrogen-bond acceptors (Lipinski definition) is 4. The molecule has 1 aromatic rings. The van der Waals surface area contributed by atoms with Gasteiger partial charge in [-0.15, -0.1) is 0 Å². The van der Waals surface area contributed by atoms with Crippen LogP contribution in [-0.2, 0) is 11.3 Å². The van der Waals surface area contributed by atoms with Crippen LogP contribution in [0.15, 0.2) is 18.2 Å². The van der Waals surface area contributed by atoms with E-state index >= 15 is 0 Å². The minimum atomic E-state index is 0.409. The zero-order valence-corrected chi connectivity index (χ0v) is 12.6. The van der Waals surface area contributed by atoms with Crippen LogP contribution in [-0.4, -0.2) is 33.5 Å². The molecule has 4 nitrogen and oxygen atoms in total. The smallest absolute Gasteiger partial charge is 0.161 e. The fourth-order valence-corrected chi connectivity index (χ4v) is 2.80. The molecule has 0 aromatic heterocycles. The molecule has 4 heteroatoms. The highest BCUT2D eigenvalue weighted by molar-refractivity contribution is 5.42. The molecular weight excluding hydrogens is 254 g/mol. The maximum Gasteiger partial charge on any atom is 0.161 e. The first-order valence-corrected chi connectivity index (χ1v) is 7.24. The summed E-state index contributed by atoms with van der Waals surface area (Å²) in [5.41, 5.74) is 1.21. The minimum Gasteiger partial charge on any atom is -0.493 e. The Morgan fingerprint density at radius 3 is 2.60 bits per heavy atom. The van der Waals surface area contributed by atoms with Crippen LogP contribution < -0.4 is 14.8 Å². The van der Waals surface area contributed by atoms with Crippen molar-refractivity contribution in [1.29, 1.82) is 0 Å². The molecule has 0 aliphatic heterocycles. The Morgan fingerprint density at radius 1 is 1.10 bits per heavy atom. The molecule has 2 rings (SSSR count). The van der Waals surface area contributed by atoms with E-state index in [0.29, 0.717) is 12.1 Å². The zero-order chi connectivity index (χ0) is 14.4. The van der Waals surface area contributed by atoms with Gasteiger partial charge in [-0.25, -0.2) is 0 Å². The van der Waals surface area contributed by atoms with E-state index in [2.05, 4.69) is 11.4 Å². The number of rotatable bonds is 6. The molecule has 0 heterocycles. The van der Waals surface area contributed by atoms with Crippen LogP contribution in [0.1, 0.15) is 31.2 Å². The van der Waals surface area contributed by atoms with Crippen LogP contribution in [0.25, 0.3) is 0 Å². The van der Waals surface area contributed by atoms with Gasteiger partial charge in [0.15, 0.2) is 11.5 Å². The summed E-state index contributed by atoms with van der Waals surface area (Å²) in [5, 5.41) is 3.61. The summed E-state index contributed by atoms with van der Waals surface area (Å²) in [6.07, 6.45) is 5.16. The normalized spacial score (nSPS) is 22.6. The molecular formula is C16H25NO3. The van der Waals surface area contributed by atoms with Crippen LogP contribution in [0, 0.1) is 0 Å². The largest absolute Gasteiger partial charge is 0.493 e. The Bertz CT molecular complexity index is 422. The lowest BCUT2D eigenvalue weighted by molar-refractivity contribution is 0.0586. The first-order valence-electron chi connectivity index (χ1n) is 7.24. The molecule has 2 atom stereocenters. The molecule has 0 radical (unpaired) electrons. The van der Waals surface area contributed by atoms with Gasteiger partial charge in [0.2, 0.25) is 0 Å². The van der Waals surface area contributed by atoms with Gasteiger partial charge >= 0.3 is 0 Å². The number of methoxy groups -OCH3 is 3. The van der Waals surface area contributed by atoms with E-state index in [0.717, 1.165) is 24.5 Å². The molecule has 1 saturated carbocycles. The Labute approximate surface area is 121 Å². The Kier molecular flexibility index (Phi) is 5.68. The van der Waals surface area contributed by atoms with Crippen molar-refractivity contribution in [2.75, 3.05) is 21.3 Å². The molecule has 1 aliphatic carbocycles. The zero-order valence-electron chi connectivity index (χ0n) is 12.6. The second kappa shape index (κ2) is 7.50. The first kappa shape index (κ1) is 15.1. The number of nitrogens with one attached hydrogen (secondary N) is 1. The third kappa shape index (κ3) is 3.87. The van der Waals surface area contributed by atoms with Crippen LogP contribution in [0.2, 0.25) is 0 Å². The molecule has 20 heavy (non-hydrogen) atoms. The van der Waals surface area contributed by atoms with Crippen LogP contribution in [0.5, 0.6) is 11.5 Å². The second-order valence-electron chi connectivity index (χ2n) is 5.29. The quantitative estimate of drug-likeness (QED) is 0.869. The van der Waals surface area contributed by atoms with E-state index in [-0.39, 0.29) is 0 Å². The van der Waals surface area contributed by atoms with E-state index in [1.807, 2.05) is 12.1 Å². The van der Waals surface area contributed by atoms with Crippen molar-refractivity contribution in [3.63, 3.8) is 0 Å². The molecule has 1 fully saturated rings. The third-order valence-corrected chi connectivity index (χ3v) is 4.00. The molecule has 0 amide bonds. The fourth-order valence-electron chi connectivity index (χ4n) is 2.80. The summed E-state index contributed by atoms with van der Waals surface area (Å²) < 4.78 is 16.0. The molecule has 0 saturated heterocycles. The van der Waals surface area contributed by atoms with E-state index in [4.69, 9.17) is 14.2 Å². The molecule has 0 spiro atoms. The first-order chi connectivity index (χ1) is 9.76. The van der Waals surface area contributed by atoms with Crippen molar-refractivity contribution in [2.45, 2.75) is 44.4 Å². The average molecular weight is 279 g/mol. The van der Waals surface area contributed by atoms with Gasteiger partial charge in [-0.05, 0) is 43.4 Å². The van der Waals surface area contributed by atoms with Gasteiger partial charge in [-0.1, -0.05) is 6.07 Å². The van der Waals surface area contributed by atoms with E-state index < -0.39 is 0 Å². The molecule has 1 N–H and O–H groups in total. The lowest BCUT2D eigenvalue weighted by Crippen LogP contribution is -2.36. The van der Waals surface area contributed by atoms with Crippen molar-refractivity contribution < 1.29 is 14.2 Å². The monoisotopic (exact) mass is 279 g/mol. The maximum atomic E-state index is 5.46. The molecule has 1 aliphatic rings.